The number of halogens is 1. The number of hydrogen-bond donors (Lipinski definition) is 2. The fraction of sp³-hybridized carbons (Fsp3) is 0.538. The fourth-order valence-corrected chi connectivity index (χ4v) is 7.25. The van der Waals surface area contributed by atoms with Gasteiger partial charge in [0.1, 0.15) is 5.82 Å². The summed E-state index contributed by atoms with van der Waals surface area (Å²) >= 11 is 0. The summed E-state index contributed by atoms with van der Waals surface area (Å²) < 4.78 is 15.1. The van der Waals surface area contributed by atoms with Gasteiger partial charge in [0.05, 0.1) is 17.3 Å². The van der Waals surface area contributed by atoms with Crippen molar-refractivity contribution in [1.29, 1.82) is 0 Å². The van der Waals surface area contributed by atoms with Crippen LogP contribution in [0.3, 0.4) is 0 Å². The van der Waals surface area contributed by atoms with Gasteiger partial charge < -0.3 is 5.11 Å². The zero-order valence-electron chi connectivity index (χ0n) is 19.6. The predicted octanol–water partition coefficient (Wildman–Crippen LogP) is 6.98. The van der Waals surface area contributed by atoms with Gasteiger partial charge in [-0.1, -0.05) is 65.7 Å². The SMILES string of the molecule is CCCCCC1=NCC[SH]1c1c(C(C)C)nc(C(C)C)c(CO)c1-c1ccccc1F. The number of aliphatic hydroxyl groups is 1. The first-order chi connectivity index (χ1) is 14.9. The molecule has 0 aliphatic carbocycles. The molecule has 1 atom stereocenters. The van der Waals surface area contributed by atoms with Crippen LogP contribution in [0.4, 0.5) is 4.39 Å². The molecule has 0 saturated carbocycles. The molecule has 1 N–H and O–H groups in total. The highest BCUT2D eigenvalue weighted by Gasteiger charge is 2.31. The molecule has 2 heterocycles. The zero-order valence-corrected chi connectivity index (χ0v) is 20.5. The Morgan fingerprint density at radius 1 is 1.06 bits per heavy atom. The number of aliphatic imine (C=N–C) groups is 1. The van der Waals surface area contributed by atoms with E-state index in [9.17, 15) is 5.11 Å². The summed E-state index contributed by atoms with van der Waals surface area (Å²) in [5.41, 5.74) is 4.17. The van der Waals surface area contributed by atoms with E-state index in [4.69, 9.17) is 9.98 Å². The summed E-state index contributed by atoms with van der Waals surface area (Å²) in [6, 6.07) is 6.97. The fourth-order valence-electron chi connectivity index (χ4n) is 4.40. The topological polar surface area (TPSA) is 45.5 Å². The molecular formula is C26H37FN2OS. The van der Waals surface area contributed by atoms with E-state index in [-0.39, 0.29) is 24.3 Å². The maximum atomic E-state index is 15.1. The lowest BCUT2D eigenvalue weighted by molar-refractivity contribution is 0.279. The van der Waals surface area contributed by atoms with Crippen molar-refractivity contribution in [3.8, 4) is 11.1 Å². The number of aromatic nitrogens is 1. The molecule has 0 radical (unpaired) electrons. The van der Waals surface area contributed by atoms with Crippen molar-refractivity contribution in [2.45, 2.75) is 83.6 Å². The first-order valence-electron chi connectivity index (χ1n) is 11.6. The monoisotopic (exact) mass is 444 g/mol. The average Bonchev–Trinajstić information content (AvgIpc) is 3.20. The van der Waals surface area contributed by atoms with Crippen molar-refractivity contribution in [3.05, 3.63) is 47.0 Å². The average molecular weight is 445 g/mol. The van der Waals surface area contributed by atoms with Gasteiger partial charge >= 0.3 is 0 Å². The van der Waals surface area contributed by atoms with Crippen LogP contribution in [0.1, 0.15) is 89.1 Å². The second-order valence-electron chi connectivity index (χ2n) is 8.94. The standard InChI is InChI=1S/C26H37FN2OS/c1-6-7-8-13-22-28-14-15-31(22)26-23(19-11-9-10-12-21(19)27)20(16-30)24(17(2)3)29-25(26)18(4)5/h9-12,17-18,30-31H,6-8,13-16H2,1-5H3. The lowest BCUT2D eigenvalue weighted by atomic mass is 9.92. The molecule has 3 rings (SSSR count). The van der Waals surface area contributed by atoms with E-state index in [1.54, 1.807) is 6.07 Å². The van der Waals surface area contributed by atoms with Gasteiger partial charge in [-0.3, -0.25) is 9.98 Å². The molecular weight excluding hydrogens is 407 g/mol. The summed E-state index contributed by atoms with van der Waals surface area (Å²) in [7, 11) is -0.674. The third-order valence-electron chi connectivity index (χ3n) is 5.93. The highest BCUT2D eigenvalue weighted by molar-refractivity contribution is 8.30. The van der Waals surface area contributed by atoms with Crippen LogP contribution in [-0.2, 0) is 6.61 Å². The highest BCUT2D eigenvalue weighted by atomic mass is 32.2. The van der Waals surface area contributed by atoms with Gasteiger partial charge in [0, 0.05) is 39.6 Å². The van der Waals surface area contributed by atoms with Crippen LogP contribution in [0.5, 0.6) is 0 Å². The molecule has 5 heteroatoms. The molecule has 1 aromatic carbocycles. The number of rotatable bonds is 9. The lowest BCUT2D eigenvalue weighted by Crippen LogP contribution is -2.13. The minimum absolute atomic E-state index is 0.138. The number of nitrogens with zero attached hydrogens (tertiary/aromatic N) is 2. The number of thiol groups is 1. The van der Waals surface area contributed by atoms with Crippen LogP contribution in [0, 0.1) is 5.82 Å². The number of hydrogen-bond acceptors (Lipinski definition) is 3. The van der Waals surface area contributed by atoms with Crippen molar-refractivity contribution < 1.29 is 9.50 Å². The zero-order chi connectivity index (χ0) is 22.5. The molecule has 0 fully saturated rings. The Labute approximate surface area is 189 Å². The van der Waals surface area contributed by atoms with E-state index in [0.717, 1.165) is 52.5 Å². The Hall–Kier alpha value is -1.72. The van der Waals surface area contributed by atoms with Crippen molar-refractivity contribution in [3.63, 3.8) is 0 Å². The number of unbranched alkanes of at least 4 members (excludes halogenated alkanes) is 2. The van der Waals surface area contributed by atoms with Crippen LogP contribution in [0.2, 0.25) is 0 Å². The summed E-state index contributed by atoms with van der Waals surface area (Å²) in [5, 5.41) is 11.7. The third kappa shape index (κ3) is 5.04. The molecule has 1 aliphatic rings. The lowest BCUT2D eigenvalue weighted by Gasteiger charge is -2.30. The van der Waals surface area contributed by atoms with Gasteiger partial charge in [-0.15, -0.1) is 0 Å². The largest absolute Gasteiger partial charge is 0.392 e. The molecule has 31 heavy (non-hydrogen) atoms. The Balaban J connectivity index is 2.30. The quantitative estimate of drug-likeness (QED) is 0.324. The molecule has 0 spiro atoms. The maximum absolute atomic E-state index is 15.1. The summed E-state index contributed by atoms with van der Waals surface area (Å²) in [5.74, 6) is 1.11. The Bertz CT molecular complexity index is 939. The Morgan fingerprint density at radius 2 is 1.77 bits per heavy atom. The molecule has 3 nitrogen and oxygen atoms in total. The Morgan fingerprint density at radius 3 is 2.39 bits per heavy atom. The minimum Gasteiger partial charge on any atom is -0.392 e. The van der Waals surface area contributed by atoms with E-state index in [1.807, 2.05) is 12.1 Å². The normalized spacial score (nSPS) is 17.6. The second kappa shape index (κ2) is 10.7. The molecule has 2 aromatic rings. The molecule has 1 aliphatic heterocycles. The van der Waals surface area contributed by atoms with Crippen LogP contribution in [-0.4, -0.2) is 27.4 Å². The summed E-state index contributed by atoms with van der Waals surface area (Å²) in [6.07, 6.45) is 4.53. The van der Waals surface area contributed by atoms with Crippen molar-refractivity contribution >= 4 is 15.9 Å². The highest BCUT2D eigenvalue weighted by Crippen LogP contribution is 2.52. The number of benzene rings is 1. The third-order valence-corrected chi connectivity index (χ3v) is 8.56. The van der Waals surface area contributed by atoms with E-state index in [1.165, 1.54) is 24.0 Å². The molecule has 0 amide bonds. The van der Waals surface area contributed by atoms with Crippen LogP contribution < -0.4 is 0 Å². The van der Waals surface area contributed by atoms with Crippen LogP contribution in [0.25, 0.3) is 11.1 Å². The van der Waals surface area contributed by atoms with Gasteiger partial charge in [-0.25, -0.2) is 4.39 Å². The van der Waals surface area contributed by atoms with Gasteiger partial charge in [0.2, 0.25) is 0 Å². The summed E-state index contributed by atoms with van der Waals surface area (Å²) in [6.45, 7) is 11.4. The molecule has 1 unspecified atom stereocenters. The van der Waals surface area contributed by atoms with Crippen molar-refractivity contribution in [2.24, 2.45) is 4.99 Å². The van der Waals surface area contributed by atoms with Crippen LogP contribution in [0.15, 0.2) is 34.2 Å². The molecule has 170 valence electrons. The van der Waals surface area contributed by atoms with E-state index >= 15 is 4.39 Å². The first kappa shape index (κ1) is 23.9. The Kier molecular flexibility index (Phi) is 8.29. The van der Waals surface area contributed by atoms with Gasteiger partial charge in [0.15, 0.2) is 0 Å². The summed E-state index contributed by atoms with van der Waals surface area (Å²) in [4.78, 5) is 11.2. The number of pyridine rings is 1. The first-order valence-corrected chi connectivity index (χ1v) is 13.2. The molecule has 0 saturated heterocycles. The van der Waals surface area contributed by atoms with Gasteiger partial charge in [0.25, 0.3) is 0 Å². The number of aliphatic hydroxyl groups excluding tert-OH is 1. The smallest absolute Gasteiger partial charge is 0.131 e. The van der Waals surface area contributed by atoms with Crippen molar-refractivity contribution in [1.82, 2.24) is 4.98 Å². The molecule has 0 bridgehead atoms. The van der Waals surface area contributed by atoms with E-state index in [0.29, 0.717) is 5.56 Å². The van der Waals surface area contributed by atoms with Crippen molar-refractivity contribution in [2.75, 3.05) is 12.3 Å². The molecule has 1 aromatic heterocycles. The van der Waals surface area contributed by atoms with Gasteiger partial charge in [-0.2, -0.15) is 10.9 Å². The maximum Gasteiger partial charge on any atom is 0.131 e. The minimum atomic E-state index is -0.674. The second-order valence-corrected chi connectivity index (χ2v) is 11.2. The predicted molar refractivity (Wildman–Crippen MR) is 132 cm³/mol. The van der Waals surface area contributed by atoms with Crippen LogP contribution >= 0.6 is 10.9 Å². The van der Waals surface area contributed by atoms with E-state index in [2.05, 4.69) is 34.6 Å². The van der Waals surface area contributed by atoms with Gasteiger partial charge in [-0.05, 0) is 30.7 Å². The van der Waals surface area contributed by atoms with E-state index < -0.39 is 10.9 Å².